The molecule has 6 nitrogen and oxygen atoms in total. The van der Waals surface area contributed by atoms with E-state index in [0.717, 1.165) is 4.47 Å². The van der Waals surface area contributed by atoms with Gasteiger partial charge in [-0.1, -0.05) is 29.8 Å². The van der Waals surface area contributed by atoms with Gasteiger partial charge in [0, 0.05) is 15.6 Å². The number of halogens is 2. The first kappa shape index (κ1) is 22.5. The van der Waals surface area contributed by atoms with E-state index in [4.69, 9.17) is 4.74 Å². The summed E-state index contributed by atoms with van der Waals surface area (Å²) in [5.41, 5.74) is 3.41. The molecule has 2 N–H and O–H groups in total. The summed E-state index contributed by atoms with van der Waals surface area (Å²) in [5.74, 6) is -0.903. The number of ether oxygens (including phenoxy) is 1. The van der Waals surface area contributed by atoms with E-state index < -0.39 is 23.7 Å². The molecule has 2 aromatic rings. The molecule has 0 fully saturated rings. The van der Waals surface area contributed by atoms with Crippen molar-refractivity contribution in [3.8, 4) is 5.75 Å². The molecule has 8 heteroatoms. The molecule has 0 saturated heterocycles. The van der Waals surface area contributed by atoms with Crippen LogP contribution in [0.5, 0.6) is 5.75 Å². The maximum Gasteiger partial charge on any atom is 0.262 e. The Hall–Kier alpha value is -2.74. The molecule has 0 saturated carbocycles. The number of benzene rings is 2. The Morgan fingerprint density at radius 1 is 1.21 bits per heavy atom. The summed E-state index contributed by atoms with van der Waals surface area (Å²) >= 11 is 3.39. The van der Waals surface area contributed by atoms with Crippen LogP contribution in [0, 0.1) is 11.7 Å². The first-order valence-corrected chi connectivity index (χ1v) is 9.92. The topological polar surface area (TPSA) is 79.8 Å². The number of hydrogen-bond acceptors (Lipinski definition) is 4. The van der Waals surface area contributed by atoms with Crippen LogP contribution in [-0.4, -0.2) is 30.7 Å². The maximum absolute atomic E-state index is 13.0. The summed E-state index contributed by atoms with van der Waals surface area (Å²) in [7, 11) is 0. The van der Waals surface area contributed by atoms with Gasteiger partial charge in [-0.2, -0.15) is 5.10 Å². The highest BCUT2D eigenvalue weighted by molar-refractivity contribution is 9.10. The van der Waals surface area contributed by atoms with Crippen molar-refractivity contribution in [2.45, 2.75) is 26.8 Å². The van der Waals surface area contributed by atoms with E-state index in [9.17, 15) is 14.0 Å². The van der Waals surface area contributed by atoms with E-state index in [2.05, 4.69) is 31.8 Å². The van der Waals surface area contributed by atoms with E-state index in [1.54, 1.807) is 19.9 Å². The van der Waals surface area contributed by atoms with E-state index in [-0.39, 0.29) is 11.5 Å². The quantitative estimate of drug-likeness (QED) is 0.460. The fraction of sp³-hybridized carbons (Fsp3) is 0.286. The first-order chi connectivity index (χ1) is 13.8. The molecule has 154 valence electrons. The van der Waals surface area contributed by atoms with E-state index in [1.165, 1.54) is 30.5 Å². The summed E-state index contributed by atoms with van der Waals surface area (Å²) in [4.78, 5) is 24.9. The number of amides is 2. The van der Waals surface area contributed by atoms with Gasteiger partial charge in [-0.25, -0.2) is 9.82 Å². The zero-order chi connectivity index (χ0) is 21.4. The number of carbonyl (C=O) groups is 2. The van der Waals surface area contributed by atoms with Crippen molar-refractivity contribution in [1.29, 1.82) is 0 Å². The van der Waals surface area contributed by atoms with Crippen LogP contribution in [0.1, 0.15) is 36.7 Å². The van der Waals surface area contributed by atoms with E-state index >= 15 is 0 Å². The largest absolute Gasteiger partial charge is 0.493 e. The molecule has 2 aromatic carbocycles. The minimum Gasteiger partial charge on any atom is -0.493 e. The lowest BCUT2D eigenvalue weighted by Crippen LogP contribution is -2.48. The summed E-state index contributed by atoms with van der Waals surface area (Å²) in [6, 6.07) is 9.77. The summed E-state index contributed by atoms with van der Waals surface area (Å²) in [5, 5.41) is 6.66. The third kappa shape index (κ3) is 6.67. The number of nitrogens with zero attached hydrogens (tertiary/aromatic N) is 1. The molecule has 2 rings (SSSR count). The van der Waals surface area contributed by atoms with E-state index in [0.29, 0.717) is 17.9 Å². The van der Waals surface area contributed by atoms with Gasteiger partial charge in [0.25, 0.3) is 11.8 Å². The van der Waals surface area contributed by atoms with Crippen molar-refractivity contribution in [3.05, 3.63) is 63.9 Å². The van der Waals surface area contributed by atoms with Crippen LogP contribution < -0.4 is 15.5 Å². The predicted molar refractivity (Wildman–Crippen MR) is 114 cm³/mol. The minimum atomic E-state index is -0.807. The van der Waals surface area contributed by atoms with Crippen LogP contribution in [-0.2, 0) is 4.79 Å². The number of hydrogen-bond donors (Lipinski definition) is 2. The molecule has 0 aliphatic carbocycles. The molecule has 0 bridgehead atoms. The molecule has 0 aromatic heterocycles. The molecular weight excluding hydrogens is 441 g/mol. The average molecular weight is 464 g/mol. The Labute approximate surface area is 177 Å². The molecule has 2 amide bonds. The Morgan fingerprint density at radius 2 is 1.90 bits per heavy atom. The lowest BCUT2D eigenvalue weighted by molar-refractivity contribution is -0.123. The Kier molecular flexibility index (Phi) is 8.33. The predicted octanol–water partition coefficient (Wildman–Crippen LogP) is 3.89. The zero-order valence-corrected chi connectivity index (χ0v) is 18.0. The minimum absolute atomic E-state index is 0.181. The van der Waals surface area contributed by atoms with Crippen molar-refractivity contribution in [3.63, 3.8) is 0 Å². The monoisotopic (exact) mass is 463 g/mol. The number of hydrazone groups is 1. The second kappa shape index (κ2) is 10.7. The van der Waals surface area contributed by atoms with Crippen LogP contribution >= 0.6 is 15.9 Å². The Balaban J connectivity index is 2.06. The molecule has 0 aliphatic rings. The van der Waals surface area contributed by atoms with Gasteiger partial charge in [-0.05, 0) is 55.3 Å². The van der Waals surface area contributed by atoms with Crippen LogP contribution in [0.4, 0.5) is 4.39 Å². The number of carbonyl (C=O) groups excluding carboxylic acids is 2. The summed E-state index contributed by atoms with van der Waals surface area (Å²) in [6.45, 7) is 5.99. The van der Waals surface area contributed by atoms with Crippen LogP contribution in [0.15, 0.2) is 52.0 Å². The SMILES string of the molecule is CCOc1ccc(Br)cc1C=NNC(=O)C(NC(=O)c1ccc(F)cc1)C(C)C. The lowest BCUT2D eigenvalue weighted by atomic mass is 10.0. The molecule has 0 aliphatic heterocycles. The van der Waals surface area contributed by atoms with Gasteiger partial charge in [0.15, 0.2) is 0 Å². The van der Waals surface area contributed by atoms with Gasteiger partial charge in [0.2, 0.25) is 0 Å². The van der Waals surface area contributed by atoms with Crippen LogP contribution in [0.3, 0.4) is 0 Å². The Morgan fingerprint density at radius 3 is 2.52 bits per heavy atom. The standard InChI is InChI=1S/C21H23BrFN3O3/c1-4-29-18-10-7-16(22)11-15(18)12-24-26-21(28)19(13(2)3)25-20(27)14-5-8-17(23)9-6-14/h5-13,19H,4H2,1-3H3,(H,25,27)(H,26,28). The third-order valence-electron chi connectivity index (χ3n) is 3.99. The van der Waals surface area contributed by atoms with Crippen molar-refractivity contribution in [2.75, 3.05) is 6.61 Å². The highest BCUT2D eigenvalue weighted by Gasteiger charge is 2.24. The fourth-order valence-electron chi connectivity index (χ4n) is 2.50. The van der Waals surface area contributed by atoms with E-state index in [1.807, 2.05) is 19.1 Å². The second-order valence-corrected chi connectivity index (χ2v) is 7.47. The normalized spacial score (nSPS) is 12.1. The van der Waals surface area contributed by atoms with Crippen molar-refractivity contribution < 1.29 is 18.7 Å². The molecule has 1 unspecified atom stereocenters. The molecule has 0 spiro atoms. The number of rotatable bonds is 8. The average Bonchev–Trinajstić information content (AvgIpc) is 2.68. The number of nitrogens with one attached hydrogen (secondary N) is 2. The van der Waals surface area contributed by atoms with Crippen LogP contribution in [0.2, 0.25) is 0 Å². The van der Waals surface area contributed by atoms with Gasteiger partial charge < -0.3 is 10.1 Å². The van der Waals surface area contributed by atoms with Gasteiger partial charge >= 0.3 is 0 Å². The molecule has 0 heterocycles. The second-order valence-electron chi connectivity index (χ2n) is 6.55. The summed E-state index contributed by atoms with van der Waals surface area (Å²) < 4.78 is 19.4. The van der Waals surface area contributed by atoms with Crippen molar-refractivity contribution in [2.24, 2.45) is 11.0 Å². The molecule has 29 heavy (non-hydrogen) atoms. The van der Waals surface area contributed by atoms with Gasteiger partial charge in [0.05, 0.1) is 12.8 Å². The Bertz CT molecular complexity index is 885. The van der Waals surface area contributed by atoms with Gasteiger partial charge in [-0.3, -0.25) is 9.59 Å². The smallest absolute Gasteiger partial charge is 0.262 e. The van der Waals surface area contributed by atoms with Gasteiger partial charge in [-0.15, -0.1) is 0 Å². The lowest BCUT2D eigenvalue weighted by Gasteiger charge is -2.20. The van der Waals surface area contributed by atoms with Crippen molar-refractivity contribution in [1.82, 2.24) is 10.7 Å². The van der Waals surface area contributed by atoms with Crippen LogP contribution in [0.25, 0.3) is 0 Å². The highest BCUT2D eigenvalue weighted by atomic mass is 79.9. The highest BCUT2D eigenvalue weighted by Crippen LogP contribution is 2.21. The molecule has 0 radical (unpaired) electrons. The molecular formula is C21H23BrFN3O3. The fourth-order valence-corrected chi connectivity index (χ4v) is 2.88. The third-order valence-corrected chi connectivity index (χ3v) is 4.49. The van der Waals surface area contributed by atoms with Crippen molar-refractivity contribution >= 4 is 34.0 Å². The van der Waals surface area contributed by atoms with Gasteiger partial charge in [0.1, 0.15) is 17.6 Å². The zero-order valence-electron chi connectivity index (χ0n) is 16.4. The molecule has 1 atom stereocenters. The summed E-state index contributed by atoms with van der Waals surface area (Å²) in [6.07, 6.45) is 1.48. The maximum atomic E-state index is 13.0. The first-order valence-electron chi connectivity index (χ1n) is 9.13.